The van der Waals surface area contributed by atoms with Crippen LogP contribution < -0.4 is 5.73 Å². The molecule has 5 nitrogen and oxygen atoms in total. The second-order valence-corrected chi connectivity index (χ2v) is 5.82. The lowest BCUT2D eigenvalue weighted by Gasteiger charge is -2.04. The number of nitrogens with zero attached hydrogens (tertiary/aromatic N) is 2. The molecule has 2 aromatic rings. The van der Waals surface area contributed by atoms with Gasteiger partial charge in [0.15, 0.2) is 5.69 Å². The molecule has 0 radical (unpaired) electrons. The lowest BCUT2D eigenvalue weighted by Crippen LogP contribution is -2.05. The summed E-state index contributed by atoms with van der Waals surface area (Å²) in [7, 11) is 0. The predicted octanol–water partition coefficient (Wildman–Crippen LogP) is 2.90. The molecule has 8 heteroatoms. The van der Waals surface area contributed by atoms with Crippen molar-refractivity contribution < 1.29 is 9.90 Å². The molecular weight excluding hydrogens is 330 g/mol. The van der Waals surface area contributed by atoms with Gasteiger partial charge in [0.25, 0.3) is 0 Å². The van der Waals surface area contributed by atoms with Crippen molar-refractivity contribution in [1.82, 2.24) is 9.97 Å². The molecule has 0 bridgehead atoms. The number of aromatic carboxylic acids is 1. The number of thiazole rings is 1. The third kappa shape index (κ3) is 2.41. The number of rotatable bonds is 2. The maximum absolute atomic E-state index is 10.9. The molecule has 0 unspecified atom stereocenters. The Bertz CT molecular complexity index is 602. The maximum Gasteiger partial charge on any atom is 0.356 e. The van der Waals surface area contributed by atoms with Crippen LogP contribution in [-0.4, -0.2) is 21.0 Å². The van der Waals surface area contributed by atoms with E-state index in [9.17, 15) is 4.79 Å². The molecule has 0 fully saturated rings. The van der Waals surface area contributed by atoms with Gasteiger partial charge in [-0.25, -0.2) is 14.8 Å². The quantitative estimate of drug-likeness (QED) is 0.881. The van der Waals surface area contributed by atoms with Crippen LogP contribution in [0.3, 0.4) is 0 Å². The molecule has 0 aliphatic heterocycles. The lowest BCUT2D eigenvalue weighted by molar-refractivity contribution is 0.0691. The Kier molecular flexibility index (Phi) is 3.32. The van der Waals surface area contributed by atoms with E-state index in [-0.39, 0.29) is 16.4 Å². The normalized spacial score (nSPS) is 10.5. The minimum absolute atomic E-state index is 0.0585. The van der Waals surface area contributed by atoms with Crippen LogP contribution in [-0.2, 0) is 0 Å². The summed E-state index contributed by atoms with van der Waals surface area (Å²) in [6, 6.07) is 1.50. The van der Waals surface area contributed by atoms with Crippen LogP contribution in [0.5, 0.6) is 0 Å². The van der Waals surface area contributed by atoms with Gasteiger partial charge < -0.3 is 10.8 Å². The molecule has 2 rings (SSSR count). The molecule has 2 aromatic heterocycles. The van der Waals surface area contributed by atoms with E-state index in [0.717, 1.165) is 3.79 Å². The Morgan fingerprint density at radius 3 is 2.82 bits per heavy atom. The number of aromatic nitrogens is 2. The van der Waals surface area contributed by atoms with Crippen LogP contribution in [0, 0.1) is 0 Å². The molecule has 2 heterocycles. The number of halogens is 2. The predicted molar refractivity (Wildman–Crippen MR) is 69.4 cm³/mol. The number of hydrogen-bond donors (Lipinski definition) is 2. The number of nitrogen functional groups attached to an aromatic ring is 1. The summed E-state index contributed by atoms with van der Waals surface area (Å²) in [4.78, 5) is 18.9. The Balaban J connectivity index is 2.60. The van der Waals surface area contributed by atoms with Gasteiger partial charge in [0.1, 0.15) is 10.7 Å². The minimum Gasteiger partial charge on any atom is -0.476 e. The second-order valence-electron chi connectivity index (χ2n) is 3.03. The first-order chi connectivity index (χ1) is 7.99. The number of carboxylic acid groups (broad SMARTS) is 1. The summed E-state index contributed by atoms with van der Waals surface area (Å²) in [5, 5.41) is 9.45. The summed E-state index contributed by atoms with van der Waals surface area (Å²) >= 11 is 10.4. The van der Waals surface area contributed by atoms with E-state index in [4.69, 9.17) is 22.4 Å². The van der Waals surface area contributed by atoms with E-state index in [1.165, 1.54) is 17.4 Å². The van der Waals surface area contributed by atoms with E-state index in [0.29, 0.717) is 10.7 Å². The fourth-order valence-corrected chi connectivity index (χ4v) is 2.52. The smallest absolute Gasteiger partial charge is 0.356 e. The van der Waals surface area contributed by atoms with Gasteiger partial charge >= 0.3 is 5.97 Å². The highest BCUT2D eigenvalue weighted by atomic mass is 79.9. The molecule has 88 valence electrons. The molecule has 0 spiro atoms. The molecule has 0 aromatic carbocycles. The number of pyridine rings is 1. The highest BCUT2D eigenvalue weighted by molar-refractivity contribution is 9.11. The molecule has 0 saturated carbocycles. The van der Waals surface area contributed by atoms with Crippen molar-refractivity contribution in [1.29, 1.82) is 0 Å². The Labute approximate surface area is 113 Å². The SMILES string of the molecule is Nc1cc(-c2ncc(Br)s2)nc(C(=O)O)c1Cl. The number of carboxylic acids is 1. The zero-order valence-corrected chi connectivity index (χ0v) is 11.3. The van der Waals surface area contributed by atoms with Gasteiger partial charge in [0, 0.05) is 0 Å². The number of nitrogens with two attached hydrogens (primary N) is 1. The van der Waals surface area contributed by atoms with Crippen molar-refractivity contribution in [3.05, 3.63) is 26.8 Å². The molecular formula is C9H5BrClN3O2S. The van der Waals surface area contributed by atoms with Crippen molar-refractivity contribution in [3.63, 3.8) is 0 Å². The van der Waals surface area contributed by atoms with Crippen molar-refractivity contribution in [2.45, 2.75) is 0 Å². The van der Waals surface area contributed by atoms with Gasteiger partial charge in [-0.1, -0.05) is 11.6 Å². The van der Waals surface area contributed by atoms with E-state index in [1.807, 2.05) is 0 Å². The fourth-order valence-electron chi connectivity index (χ4n) is 1.17. The number of carbonyl (C=O) groups is 1. The zero-order valence-electron chi connectivity index (χ0n) is 8.15. The maximum atomic E-state index is 10.9. The standard InChI is InChI=1S/C9H5BrClN3O2S/c10-5-2-13-8(17-5)4-1-3(12)6(11)7(14-4)9(15)16/h1-2H,(H2,12,14)(H,15,16). The average molecular weight is 335 g/mol. The number of hydrogen-bond acceptors (Lipinski definition) is 5. The molecule has 17 heavy (non-hydrogen) atoms. The summed E-state index contributed by atoms with van der Waals surface area (Å²) < 4.78 is 0.819. The Hall–Kier alpha value is -1.18. The van der Waals surface area contributed by atoms with Gasteiger partial charge in [-0.2, -0.15) is 0 Å². The zero-order chi connectivity index (χ0) is 12.6. The third-order valence-corrected chi connectivity index (χ3v) is 3.78. The monoisotopic (exact) mass is 333 g/mol. The molecule has 0 atom stereocenters. The summed E-state index contributed by atoms with van der Waals surface area (Å²) in [5.41, 5.74) is 5.92. The topological polar surface area (TPSA) is 89.1 Å². The molecule has 0 aliphatic carbocycles. The summed E-state index contributed by atoms with van der Waals surface area (Å²) in [5.74, 6) is -1.22. The summed E-state index contributed by atoms with van der Waals surface area (Å²) in [6.45, 7) is 0. The minimum atomic E-state index is -1.22. The molecule has 0 amide bonds. The van der Waals surface area contributed by atoms with Crippen LogP contribution in [0.4, 0.5) is 5.69 Å². The highest BCUT2D eigenvalue weighted by Crippen LogP contribution is 2.31. The third-order valence-electron chi connectivity index (χ3n) is 1.89. The number of anilines is 1. The Morgan fingerprint density at radius 1 is 1.59 bits per heavy atom. The van der Waals surface area contributed by atoms with E-state index < -0.39 is 5.97 Å². The van der Waals surface area contributed by atoms with Gasteiger partial charge in [-0.05, 0) is 22.0 Å². The van der Waals surface area contributed by atoms with Gasteiger partial charge in [0.05, 0.1) is 20.7 Å². The van der Waals surface area contributed by atoms with E-state index in [1.54, 1.807) is 6.20 Å². The van der Waals surface area contributed by atoms with Crippen molar-refractivity contribution in [3.8, 4) is 10.7 Å². The van der Waals surface area contributed by atoms with Gasteiger partial charge in [-0.3, -0.25) is 0 Å². The van der Waals surface area contributed by atoms with E-state index >= 15 is 0 Å². The van der Waals surface area contributed by atoms with Crippen molar-refractivity contribution >= 4 is 50.5 Å². The van der Waals surface area contributed by atoms with Gasteiger partial charge in [-0.15, -0.1) is 11.3 Å². The molecule has 3 N–H and O–H groups in total. The van der Waals surface area contributed by atoms with Crippen molar-refractivity contribution in [2.75, 3.05) is 5.73 Å². The van der Waals surface area contributed by atoms with Crippen LogP contribution >= 0.6 is 38.9 Å². The fraction of sp³-hybridized carbons (Fsp3) is 0. The summed E-state index contributed by atoms with van der Waals surface area (Å²) in [6.07, 6.45) is 1.60. The second kappa shape index (κ2) is 4.59. The van der Waals surface area contributed by atoms with Crippen molar-refractivity contribution in [2.24, 2.45) is 0 Å². The van der Waals surface area contributed by atoms with Crippen LogP contribution in [0.1, 0.15) is 10.5 Å². The first kappa shape index (κ1) is 12.3. The first-order valence-corrected chi connectivity index (χ1v) is 6.29. The van der Waals surface area contributed by atoms with Crippen LogP contribution in [0.25, 0.3) is 10.7 Å². The first-order valence-electron chi connectivity index (χ1n) is 4.30. The van der Waals surface area contributed by atoms with Crippen LogP contribution in [0.2, 0.25) is 5.02 Å². The average Bonchev–Trinajstić information content (AvgIpc) is 2.68. The Morgan fingerprint density at radius 2 is 2.29 bits per heavy atom. The molecule has 0 aliphatic rings. The molecule has 0 saturated heterocycles. The van der Waals surface area contributed by atoms with Crippen LogP contribution in [0.15, 0.2) is 16.0 Å². The highest BCUT2D eigenvalue weighted by Gasteiger charge is 2.17. The lowest BCUT2D eigenvalue weighted by atomic mass is 10.2. The van der Waals surface area contributed by atoms with Gasteiger partial charge in [0.2, 0.25) is 0 Å². The van der Waals surface area contributed by atoms with E-state index in [2.05, 4.69) is 25.9 Å². The largest absolute Gasteiger partial charge is 0.476 e.